The highest BCUT2D eigenvalue weighted by atomic mass is 16.1. The van der Waals surface area contributed by atoms with Crippen LogP contribution in [0.5, 0.6) is 0 Å². The first-order valence-electron chi connectivity index (χ1n) is 10.8. The van der Waals surface area contributed by atoms with Crippen molar-refractivity contribution in [2.75, 3.05) is 0 Å². The van der Waals surface area contributed by atoms with Gasteiger partial charge < -0.3 is 0 Å². The second-order valence-electron chi connectivity index (χ2n) is 9.18. The van der Waals surface area contributed by atoms with E-state index in [2.05, 4.69) is 86.6 Å². The van der Waals surface area contributed by atoms with Crippen LogP contribution in [0.2, 0.25) is 0 Å². The Hall–Kier alpha value is -3.46. The lowest BCUT2D eigenvalue weighted by Gasteiger charge is -2.36. The molecule has 1 aliphatic rings. The van der Waals surface area contributed by atoms with Gasteiger partial charge in [0, 0.05) is 12.6 Å². The number of nitrogens with zero attached hydrogens (tertiary/aromatic N) is 2. The van der Waals surface area contributed by atoms with E-state index in [9.17, 15) is 4.79 Å². The molecular weight excluding hydrogens is 380 g/mol. The number of rotatable bonds is 4. The second kappa shape index (κ2) is 7.35. The molecule has 5 rings (SSSR count). The van der Waals surface area contributed by atoms with Gasteiger partial charge in [0.2, 0.25) is 0 Å². The van der Waals surface area contributed by atoms with E-state index in [1.54, 1.807) is 0 Å². The molecule has 0 aliphatic heterocycles. The fourth-order valence-corrected chi connectivity index (χ4v) is 4.93. The Kier molecular flexibility index (Phi) is 4.62. The number of hydrogen-bond acceptors (Lipinski definition) is 2. The van der Waals surface area contributed by atoms with E-state index in [-0.39, 0.29) is 11.2 Å². The van der Waals surface area contributed by atoms with Crippen LogP contribution in [0, 0.1) is 5.41 Å². The van der Waals surface area contributed by atoms with Gasteiger partial charge >= 0.3 is 0 Å². The van der Waals surface area contributed by atoms with Crippen molar-refractivity contribution in [3.8, 4) is 0 Å². The van der Waals surface area contributed by atoms with Gasteiger partial charge in [0.1, 0.15) is 5.54 Å². The summed E-state index contributed by atoms with van der Waals surface area (Å²) in [7, 11) is 0. The van der Waals surface area contributed by atoms with Crippen LogP contribution in [0.1, 0.15) is 53.0 Å². The van der Waals surface area contributed by atoms with Crippen molar-refractivity contribution in [2.45, 2.75) is 32.2 Å². The molecule has 1 heterocycles. The highest BCUT2D eigenvalue weighted by molar-refractivity contribution is 5.98. The molecule has 1 aliphatic carbocycles. The van der Waals surface area contributed by atoms with Crippen LogP contribution < -0.4 is 0 Å². The Morgan fingerprint density at radius 3 is 1.65 bits per heavy atom. The highest BCUT2D eigenvalue weighted by Crippen LogP contribution is 2.42. The first-order chi connectivity index (χ1) is 15.0. The van der Waals surface area contributed by atoms with Crippen LogP contribution in [-0.2, 0) is 12.0 Å². The fourth-order valence-electron chi connectivity index (χ4n) is 4.93. The summed E-state index contributed by atoms with van der Waals surface area (Å²) in [5.41, 5.74) is 4.24. The van der Waals surface area contributed by atoms with Gasteiger partial charge in [-0.2, -0.15) is 5.10 Å². The Labute approximate surface area is 183 Å². The maximum Gasteiger partial charge on any atom is 0.166 e. The number of carbonyl (C=O) groups is 1. The third kappa shape index (κ3) is 3.21. The minimum absolute atomic E-state index is 0.0713. The smallest absolute Gasteiger partial charge is 0.166 e. The van der Waals surface area contributed by atoms with E-state index < -0.39 is 5.54 Å². The van der Waals surface area contributed by atoms with Crippen molar-refractivity contribution in [3.63, 3.8) is 0 Å². The van der Waals surface area contributed by atoms with Crippen LogP contribution >= 0.6 is 0 Å². The predicted octanol–water partition coefficient (Wildman–Crippen LogP) is 5.88. The number of hydrogen-bond donors (Lipinski definition) is 0. The van der Waals surface area contributed by atoms with Crippen LogP contribution in [0.15, 0.2) is 97.2 Å². The molecule has 0 saturated carbocycles. The molecule has 3 heteroatoms. The maximum atomic E-state index is 13.0. The fraction of sp³-hybridized carbons (Fsp3) is 0.214. The van der Waals surface area contributed by atoms with E-state index in [1.807, 2.05) is 29.1 Å². The number of Topliss-reactive ketones (excluding diaryl/α,β-unsaturated/α-hetero) is 1. The van der Waals surface area contributed by atoms with E-state index in [4.69, 9.17) is 5.10 Å². The van der Waals surface area contributed by atoms with Gasteiger partial charge in [-0.1, -0.05) is 105 Å². The molecule has 0 saturated heterocycles. The molecule has 0 amide bonds. The summed E-state index contributed by atoms with van der Waals surface area (Å²) in [5, 5.41) is 5.09. The van der Waals surface area contributed by atoms with Crippen LogP contribution in [0.4, 0.5) is 0 Å². The van der Waals surface area contributed by atoms with Gasteiger partial charge in [-0.15, -0.1) is 0 Å². The summed E-state index contributed by atoms with van der Waals surface area (Å²) in [6.07, 6.45) is 3.33. The van der Waals surface area contributed by atoms with Gasteiger partial charge in [-0.25, -0.2) is 0 Å². The van der Waals surface area contributed by atoms with Crippen molar-refractivity contribution in [1.82, 2.24) is 9.78 Å². The summed E-state index contributed by atoms with van der Waals surface area (Å²) in [5.74, 6) is 0.181. The number of ketones is 1. The van der Waals surface area contributed by atoms with Gasteiger partial charge in [0.15, 0.2) is 5.78 Å². The van der Waals surface area contributed by atoms with E-state index in [0.29, 0.717) is 6.42 Å². The number of fused-ring (bicyclic) bond motifs is 1. The molecule has 0 radical (unpaired) electrons. The lowest BCUT2D eigenvalue weighted by Crippen LogP contribution is -2.38. The van der Waals surface area contributed by atoms with Crippen molar-refractivity contribution in [1.29, 1.82) is 0 Å². The third-order valence-corrected chi connectivity index (χ3v) is 6.29. The van der Waals surface area contributed by atoms with Crippen molar-refractivity contribution < 1.29 is 4.79 Å². The van der Waals surface area contributed by atoms with Crippen LogP contribution in [0.25, 0.3) is 0 Å². The van der Waals surface area contributed by atoms with Crippen LogP contribution in [-0.4, -0.2) is 15.6 Å². The zero-order valence-electron chi connectivity index (χ0n) is 18.0. The molecule has 0 spiro atoms. The maximum absolute atomic E-state index is 13.0. The van der Waals surface area contributed by atoms with Gasteiger partial charge in [-0.3, -0.25) is 9.48 Å². The lowest BCUT2D eigenvalue weighted by atomic mass is 9.76. The average Bonchev–Trinajstić information content (AvgIpc) is 3.20. The first-order valence-corrected chi connectivity index (χ1v) is 10.8. The molecular formula is C28H26N2O. The second-order valence-corrected chi connectivity index (χ2v) is 9.18. The number of aromatic nitrogens is 2. The number of carbonyl (C=O) groups excluding carboxylic acids is 1. The molecule has 0 fully saturated rings. The predicted molar refractivity (Wildman–Crippen MR) is 123 cm³/mol. The Morgan fingerprint density at radius 2 is 1.19 bits per heavy atom. The zero-order chi connectivity index (χ0) is 21.5. The largest absolute Gasteiger partial charge is 0.294 e. The van der Waals surface area contributed by atoms with Crippen LogP contribution in [0.3, 0.4) is 0 Å². The Bertz CT molecular complexity index is 1110. The lowest BCUT2D eigenvalue weighted by molar-refractivity contribution is 0.0912. The SMILES string of the molecule is CC1(C)CC(=O)c2cn(C(c3ccccc3)(c3ccccc3)c3ccccc3)nc2C1. The Balaban J connectivity index is 1.85. The molecule has 0 atom stereocenters. The van der Waals surface area contributed by atoms with Gasteiger partial charge in [0.05, 0.1) is 11.3 Å². The summed E-state index contributed by atoms with van der Waals surface area (Å²) in [6, 6.07) is 31.3. The molecule has 0 unspecified atom stereocenters. The molecule has 3 aromatic carbocycles. The van der Waals surface area contributed by atoms with E-state index >= 15 is 0 Å². The molecule has 3 nitrogen and oxygen atoms in total. The average molecular weight is 407 g/mol. The summed E-state index contributed by atoms with van der Waals surface area (Å²) in [4.78, 5) is 13.0. The summed E-state index contributed by atoms with van der Waals surface area (Å²) < 4.78 is 2.02. The van der Waals surface area contributed by atoms with E-state index in [0.717, 1.165) is 34.4 Å². The van der Waals surface area contributed by atoms with Crippen molar-refractivity contribution in [3.05, 3.63) is 125 Å². The first kappa shape index (κ1) is 19.5. The minimum atomic E-state index is -0.675. The zero-order valence-corrected chi connectivity index (χ0v) is 18.0. The summed E-state index contributed by atoms with van der Waals surface area (Å²) in [6.45, 7) is 4.29. The Morgan fingerprint density at radius 1 is 0.742 bits per heavy atom. The highest BCUT2D eigenvalue weighted by Gasteiger charge is 2.42. The topological polar surface area (TPSA) is 34.9 Å². The molecule has 4 aromatic rings. The third-order valence-electron chi connectivity index (χ3n) is 6.29. The molecule has 0 bridgehead atoms. The summed E-state index contributed by atoms with van der Waals surface area (Å²) >= 11 is 0. The monoisotopic (exact) mass is 406 g/mol. The molecule has 154 valence electrons. The van der Waals surface area contributed by atoms with Gasteiger partial charge in [-0.05, 0) is 28.5 Å². The van der Waals surface area contributed by atoms with Crippen molar-refractivity contribution in [2.24, 2.45) is 5.41 Å². The van der Waals surface area contributed by atoms with E-state index in [1.165, 1.54) is 0 Å². The number of benzene rings is 3. The van der Waals surface area contributed by atoms with Crippen molar-refractivity contribution >= 4 is 5.78 Å². The normalized spacial score (nSPS) is 15.5. The standard InChI is InChI=1S/C28H26N2O/c1-27(2)18-25-24(26(31)19-27)20-30(29-25)28(21-12-6-3-7-13-21,22-14-8-4-9-15-22)23-16-10-5-11-17-23/h3-17,20H,18-19H2,1-2H3. The van der Waals surface area contributed by atoms with Gasteiger partial charge in [0.25, 0.3) is 0 Å². The molecule has 31 heavy (non-hydrogen) atoms. The quantitative estimate of drug-likeness (QED) is 0.397. The molecule has 1 aromatic heterocycles. The minimum Gasteiger partial charge on any atom is -0.294 e. The molecule has 0 N–H and O–H groups in total.